The summed E-state index contributed by atoms with van der Waals surface area (Å²) in [6, 6.07) is 7.49. The van der Waals surface area contributed by atoms with E-state index in [0.29, 0.717) is 30.5 Å². The van der Waals surface area contributed by atoms with E-state index in [-0.39, 0.29) is 5.91 Å². The quantitative estimate of drug-likeness (QED) is 0.884. The summed E-state index contributed by atoms with van der Waals surface area (Å²) in [4.78, 5) is 25.0. The van der Waals surface area contributed by atoms with Gasteiger partial charge < -0.3 is 10.4 Å². The topological polar surface area (TPSA) is 69.6 Å². The van der Waals surface area contributed by atoms with Crippen molar-refractivity contribution in [1.82, 2.24) is 10.2 Å². The molecule has 1 aromatic carbocycles. The number of carboxylic acid groups (broad SMARTS) is 1. The predicted octanol–water partition coefficient (Wildman–Crippen LogP) is 1.49. The van der Waals surface area contributed by atoms with Crippen LogP contribution in [-0.2, 0) is 11.3 Å². The van der Waals surface area contributed by atoms with Crippen LogP contribution in [-0.4, -0.2) is 41.0 Å². The third kappa shape index (κ3) is 3.08. The fourth-order valence-electron chi connectivity index (χ4n) is 3.44. The highest BCUT2D eigenvalue weighted by molar-refractivity contribution is 5.89. The molecule has 2 fully saturated rings. The number of benzene rings is 1. The maximum atomic E-state index is 11.4. The number of carboxylic acids is 1. The highest BCUT2D eigenvalue weighted by atomic mass is 16.4. The highest BCUT2D eigenvalue weighted by Crippen LogP contribution is 2.26. The van der Waals surface area contributed by atoms with Crippen LogP contribution in [0.3, 0.4) is 0 Å². The number of hydrogen-bond acceptors (Lipinski definition) is 3. The van der Waals surface area contributed by atoms with Gasteiger partial charge in [0.1, 0.15) is 0 Å². The second kappa shape index (κ2) is 5.85. The van der Waals surface area contributed by atoms with E-state index in [9.17, 15) is 14.7 Å². The van der Waals surface area contributed by atoms with Crippen LogP contribution in [0, 0.1) is 5.92 Å². The Hall–Kier alpha value is -1.88. The van der Waals surface area contributed by atoms with Gasteiger partial charge in [0, 0.05) is 32.1 Å². The fourth-order valence-corrected chi connectivity index (χ4v) is 3.44. The van der Waals surface area contributed by atoms with Crippen molar-refractivity contribution in [3.05, 3.63) is 35.4 Å². The molecule has 5 nitrogen and oxygen atoms in total. The maximum absolute atomic E-state index is 11.4. The fraction of sp³-hybridized carbons (Fsp3) is 0.500. The molecule has 0 aromatic heterocycles. The Balaban J connectivity index is 1.67. The number of fused-ring (bicyclic) bond motifs is 1. The molecular formula is C16H20N2O3. The molecule has 2 aliphatic heterocycles. The van der Waals surface area contributed by atoms with Crippen LogP contribution in [0.4, 0.5) is 0 Å². The summed E-state index contributed by atoms with van der Waals surface area (Å²) in [5, 5.41) is 12.3. The standard InChI is InChI=1S/C16H20N2O3/c19-15-6-5-12-10-18(8-7-14(12)17-15)9-11-3-1-2-4-13(11)16(20)21/h1-4,12,14H,5-10H2,(H,17,19)(H,20,21). The zero-order valence-corrected chi connectivity index (χ0v) is 11.9. The maximum Gasteiger partial charge on any atom is 0.336 e. The molecule has 1 aromatic rings. The Morgan fingerprint density at radius 3 is 2.95 bits per heavy atom. The molecule has 0 saturated carbocycles. The van der Waals surface area contributed by atoms with Gasteiger partial charge >= 0.3 is 5.97 Å². The van der Waals surface area contributed by atoms with Crippen molar-refractivity contribution in [2.75, 3.05) is 13.1 Å². The SMILES string of the molecule is O=C1CCC2CN(Cc3ccccc3C(=O)O)CCC2N1. The van der Waals surface area contributed by atoms with Crippen molar-refractivity contribution in [2.24, 2.45) is 5.92 Å². The second-order valence-electron chi connectivity index (χ2n) is 5.96. The molecule has 2 heterocycles. The first kappa shape index (κ1) is 14.1. The molecule has 3 rings (SSSR count). The van der Waals surface area contributed by atoms with Crippen molar-refractivity contribution in [3.63, 3.8) is 0 Å². The number of rotatable bonds is 3. The molecule has 0 radical (unpaired) electrons. The molecule has 2 saturated heterocycles. The van der Waals surface area contributed by atoms with E-state index in [1.807, 2.05) is 12.1 Å². The molecule has 0 bridgehead atoms. The van der Waals surface area contributed by atoms with E-state index in [1.54, 1.807) is 12.1 Å². The van der Waals surface area contributed by atoms with Gasteiger partial charge in [-0.1, -0.05) is 18.2 Å². The normalized spacial score (nSPS) is 26.0. The number of nitrogens with one attached hydrogen (secondary N) is 1. The molecule has 2 unspecified atom stereocenters. The van der Waals surface area contributed by atoms with Gasteiger partial charge in [-0.2, -0.15) is 0 Å². The van der Waals surface area contributed by atoms with Crippen molar-refractivity contribution < 1.29 is 14.7 Å². The van der Waals surface area contributed by atoms with Gasteiger partial charge in [-0.25, -0.2) is 4.79 Å². The summed E-state index contributed by atoms with van der Waals surface area (Å²) in [5.74, 6) is -0.209. The number of carbonyl (C=O) groups excluding carboxylic acids is 1. The molecule has 2 atom stereocenters. The number of hydrogen-bond donors (Lipinski definition) is 2. The van der Waals surface area contributed by atoms with Crippen molar-refractivity contribution in [3.8, 4) is 0 Å². The number of carbonyl (C=O) groups is 2. The minimum absolute atomic E-state index is 0.168. The number of nitrogens with zero attached hydrogens (tertiary/aromatic N) is 1. The smallest absolute Gasteiger partial charge is 0.336 e. The van der Waals surface area contributed by atoms with Crippen LogP contribution >= 0.6 is 0 Å². The predicted molar refractivity (Wildman–Crippen MR) is 78.0 cm³/mol. The van der Waals surface area contributed by atoms with E-state index in [2.05, 4.69) is 10.2 Å². The van der Waals surface area contributed by atoms with Crippen LogP contribution < -0.4 is 5.32 Å². The summed E-state index contributed by atoms with van der Waals surface area (Å²) >= 11 is 0. The summed E-state index contributed by atoms with van der Waals surface area (Å²) in [6.07, 6.45) is 2.50. The van der Waals surface area contributed by atoms with E-state index >= 15 is 0 Å². The van der Waals surface area contributed by atoms with Gasteiger partial charge in [0.15, 0.2) is 0 Å². The summed E-state index contributed by atoms with van der Waals surface area (Å²) in [6.45, 7) is 2.49. The first-order valence-electron chi connectivity index (χ1n) is 7.46. The minimum atomic E-state index is -0.870. The lowest BCUT2D eigenvalue weighted by atomic mass is 9.85. The molecular weight excluding hydrogens is 268 g/mol. The van der Waals surface area contributed by atoms with Crippen LogP contribution in [0.2, 0.25) is 0 Å². The molecule has 0 spiro atoms. The van der Waals surface area contributed by atoms with Crippen LogP contribution in [0.5, 0.6) is 0 Å². The van der Waals surface area contributed by atoms with Gasteiger partial charge in [-0.3, -0.25) is 9.69 Å². The van der Waals surface area contributed by atoms with Crippen molar-refractivity contribution in [2.45, 2.75) is 31.8 Å². The monoisotopic (exact) mass is 288 g/mol. The van der Waals surface area contributed by atoms with Gasteiger partial charge in [0.2, 0.25) is 5.91 Å². The average Bonchev–Trinajstić information content (AvgIpc) is 2.48. The summed E-state index contributed by atoms with van der Waals surface area (Å²) < 4.78 is 0. The first-order chi connectivity index (χ1) is 10.1. The zero-order chi connectivity index (χ0) is 14.8. The lowest BCUT2D eigenvalue weighted by molar-refractivity contribution is -0.125. The third-order valence-electron chi connectivity index (χ3n) is 4.55. The Kier molecular flexibility index (Phi) is 3.92. The minimum Gasteiger partial charge on any atom is -0.478 e. The van der Waals surface area contributed by atoms with Crippen LogP contribution in [0.15, 0.2) is 24.3 Å². The van der Waals surface area contributed by atoms with Gasteiger partial charge in [-0.05, 0) is 30.4 Å². The van der Waals surface area contributed by atoms with E-state index in [1.165, 1.54) is 0 Å². The summed E-state index contributed by atoms with van der Waals surface area (Å²) in [5.41, 5.74) is 1.25. The number of amides is 1. The molecule has 21 heavy (non-hydrogen) atoms. The zero-order valence-electron chi connectivity index (χ0n) is 11.9. The third-order valence-corrected chi connectivity index (χ3v) is 4.55. The Morgan fingerprint density at radius 1 is 1.33 bits per heavy atom. The van der Waals surface area contributed by atoms with Crippen LogP contribution in [0.25, 0.3) is 0 Å². The molecule has 2 aliphatic rings. The van der Waals surface area contributed by atoms with E-state index in [0.717, 1.165) is 31.5 Å². The number of piperidine rings is 2. The van der Waals surface area contributed by atoms with Gasteiger partial charge in [-0.15, -0.1) is 0 Å². The Morgan fingerprint density at radius 2 is 2.14 bits per heavy atom. The highest BCUT2D eigenvalue weighted by Gasteiger charge is 2.33. The Bertz CT molecular complexity index is 558. The van der Waals surface area contributed by atoms with Gasteiger partial charge in [0.25, 0.3) is 0 Å². The van der Waals surface area contributed by atoms with Gasteiger partial charge in [0.05, 0.1) is 5.56 Å². The number of likely N-dealkylation sites (tertiary alicyclic amines) is 1. The lowest BCUT2D eigenvalue weighted by Crippen LogP contribution is -2.53. The van der Waals surface area contributed by atoms with E-state index < -0.39 is 5.97 Å². The van der Waals surface area contributed by atoms with Crippen molar-refractivity contribution >= 4 is 11.9 Å². The van der Waals surface area contributed by atoms with E-state index in [4.69, 9.17) is 0 Å². The largest absolute Gasteiger partial charge is 0.478 e. The Labute approximate surface area is 123 Å². The number of aromatic carboxylic acids is 1. The molecule has 2 N–H and O–H groups in total. The molecule has 0 aliphatic carbocycles. The average molecular weight is 288 g/mol. The first-order valence-corrected chi connectivity index (χ1v) is 7.46. The molecule has 112 valence electrons. The summed E-state index contributed by atoms with van der Waals surface area (Å²) in [7, 11) is 0. The molecule has 5 heteroatoms. The lowest BCUT2D eigenvalue weighted by Gasteiger charge is -2.41. The van der Waals surface area contributed by atoms with Crippen LogP contribution in [0.1, 0.15) is 35.2 Å². The second-order valence-corrected chi connectivity index (χ2v) is 5.96. The van der Waals surface area contributed by atoms with Crippen molar-refractivity contribution in [1.29, 1.82) is 0 Å². The molecule has 1 amide bonds.